The smallest absolute Gasteiger partial charge is 0.254 e. The van der Waals surface area contributed by atoms with Crippen LogP contribution in [0.15, 0.2) is 36.4 Å². The second-order valence-corrected chi connectivity index (χ2v) is 5.07. The molecule has 0 fully saturated rings. The minimum Gasteiger partial charge on any atom is -0.496 e. The van der Waals surface area contributed by atoms with Crippen LogP contribution in [0.25, 0.3) is 0 Å². The molecule has 0 unspecified atom stereocenters. The van der Waals surface area contributed by atoms with Gasteiger partial charge in [-0.05, 0) is 30.3 Å². The van der Waals surface area contributed by atoms with Crippen LogP contribution in [0.5, 0.6) is 5.75 Å². The van der Waals surface area contributed by atoms with Gasteiger partial charge in [0, 0.05) is 22.2 Å². The summed E-state index contributed by atoms with van der Waals surface area (Å²) in [7, 11) is 1.51. The number of carbonyl (C=O) groups is 1. The van der Waals surface area contributed by atoms with Gasteiger partial charge in [0.05, 0.1) is 12.7 Å². The molecule has 0 spiro atoms. The molecule has 2 rings (SSSR count). The third-order valence-corrected chi connectivity index (χ3v) is 3.48. The number of nitrogens with one attached hydrogen (secondary N) is 1. The van der Waals surface area contributed by atoms with Crippen LogP contribution in [-0.4, -0.2) is 13.0 Å². The predicted molar refractivity (Wildman–Crippen MR) is 80.6 cm³/mol. The van der Waals surface area contributed by atoms with Gasteiger partial charge in [0.2, 0.25) is 0 Å². The van der Waals surface area contributed by atoms with Crippen molar-refractivity contribution < 1.29 is 13.9 Å². The Morgan fingerprint density at radius 1 is 1.29 bits per heavy atom. The van der Waals surface area contributed by atoms with Gasteiger partial charge in [-0.1, -0.05) is 29.3 Å². The summed E-state index contributed by atoms with van der Waals surface area (Å²) in [6.07, 6.45) is 0. The Bertz CT molecular complexity index is 677. The van der Waals surface area contributed by atoms with Crippen LogP contribution in [-0.2, 0) is 6.54 Å². The fraction of sp³-hybridized carbons (Fsp3) is 0.133. The van der Waals surface area contributed by atoms with E-state index in [0.717, 1.165) is 6.07 Å². The Labute approximate surface area is 131 Å². The molecule has 0 saturated heterocycles. The molecular formula is C15H12Cl2FNO2. The molecular weight excluding hydrogens is 316 g/mol. The summed E-state index contributed by atoms with van der Waals surface area (Å²) >= 11 is 11.8. The Morgan fingerprint density at radius 2 is 2.05 bits per heavy atom. The molecule has 1 amide bonds. The van der Waals surface area contributed by atoms with Crippen molar-refractivity contribution in [3.05, 3.63) is 63.4 Å². The number of amides is 1. The molecule has 0 aromatic heterocycles. The number of hydrogen-bond acceptors (Lipinski definition) is 2. The minimum atomic E-state index is -0.636. The topological polar surface area (TPSA) is 38.3 Å². The quantitative estimate of drug-likeness (QED) is 0.919. The molecule has 0 aliphatic heterocycles. The van der Waals surface area contributed by atoms with Crippen molar-refractivity contribution in [2.24, 2.45) is 0 Å². The molecule has 0 radical (unpaired) electrons. The van der Waals surface area contributed by atoms with Gasteiger partial charge in [0.15, 0.2) is 0 Å². The zero-order valence-electron chi connectivity index (χ0n) is 11.1. The van der Waals surface area contributed by atoms with Gasteiger partial charge in [-0.15, -0.1) is 0 Å². The van der Waals surface area contributed by atoms with Gasteiger partial charge in [0.25, 0.3) is 5.91 Å². The van der Waals surface area contributed by atoms with Crippen LogP contribution in [0.4, 0.5) is 4.39 Å². The van der Waals surface area contributed by atoms with Crippen molar-refractivity contribution in [2.45, 2.75) is 6.54 Å². The lowest BCUT2D eigenvalue weighted by Crippen LogP contribution is -2.24. The first-order valence-corrected chi connectivity index (χ1v) is 6.83. The lowest BCUT2D eigenvalue weighted by Gasteiger charge is -2.11. The highest BCUT2D eigenvalue weighted by Gasteiger charge is 2.14. The van der Waals surface area contributed by atoms with E-state index in [-0.39, 0.29) is 17.1 Å². The summed E-state index contributed by atoms with van der Waals surface area (Å²) in [5.74, 6) is -0.658. The average molecular weight is 328 g/mol. The molecule has 2 aromatic carbocycles. The number of rotatable bonds is 4. The molecule has 3 nitrogen and oxygen atoms in total. The SMILES string of the molecule is COc1cccc(Cl)c1CNC(=O)c1cc(Cl)ccc1F. The van der Waals surface area contributed by atoms with E-state index < -0.39 is 11.7 Å². The Hall–Kier alpha value is -1.78. The molecule has 0 bridgehead atoms. The molecule has 0 heterocycles. The van der Waals surface area contributed by atoms with E-state index in [1.54, 1.807) is 18.2 Å². The highest BCUT2D eigenvalue weighted by Crippen LogP contribution is 2.26. The fourth-order valence-corrected chi connectivity index (χ4v) is 2.24. The van der Waals surface area contributed by atoms with Gasteiger partial charge >= 0.3 is 0 Å². The third kappa shape index (κ3) is 3.65. The van der Waals surface area contributed by atoms with Crippen molar-refractivity contribution in [2.75, 3.05) is 7.11 Å². The van der Waals surface area contributed by atoms with Crippen LogP contribution >= 0.6 is 23.2 Å². The number of methoxy groups -OCH3 is 1. The number of hydrogen-bond donors (Lipinski definition) is 1. The van der Waals surface area contributed by atoms with Gasteiger partial charge in [-0.2, -0.15) is 0 Å². The van der Waals surface area contributed by atoms with Gasteiger partial charge in [0.1, 0.15) is 11.6 Å². The first kappa shape index (κ1) is 15.6. The number of ether oxygens (including phenoxy) is 1. The minimum absolute atomic E-state index is 0.117. The highest BCUT2D eigenvalue weighted by atomic mass is 35.5. The van der Waals surface area contributed by atoms with E-state index in [4.69, 9.17) is 27.9 Å². The summed E-state index contributed by atoms with van der Waals surface area (Å²) in [6, 6.07) is 8.95. The van der Waals surface area contributed by atoms with E-state index >= 15 is 0 Å². The van der Waals surface area contributed by atoms with Gasteiger partial charge in [-0.3, -0.25) is 4.79 Å². The van der Waals surface area contributed by atoms with E-state index in [1.165, 1.54) is 19.2 Å². The molecule has 2 aromatic rings. The van der Waals surface area contributed by atoms with E-state index in [2.05, 4.69) is 5.32 Å². The maximum atomic E-state index is 13.6. The first-order valence-electron chi connectivity index (χ1n) is 6.07. The largest absolute Gasteiger partial charge is 0.496 e. The Kier molecular flexibility index (Phi) is 5.04. The molecule has 0 aliphatic carbocycles. The first-order chi connectivity index (χ1) is 10.0. The van der Waals surface area contributed by atoms with Crippen molar-refractivity contribution in [3.8, 4) is 5.75 Å². The average Bonchev–Trinajstić information content (AvgIpc) is 2.47. The maximum absolute atomic E-state index is 13.6. The van der Waals surface area contributed by atoms with Crippen molar-refractivity contribution in [3.63, 3.8) is 0 Å². The predicted octanol–water partition coefficient (Wildman–Crippen LogP) is 4.07. The lowest BCUT2D eigenvalue weighted by atomic mass is 10.1. The summed E-state index contributed by atoms with van der Waals surface area (Å²) in [6.45, 7) is 0.119. The summed E-state index contributed by atoms with van der Waals surface area (Å²) in [5, 5.41) is 3.35. The van der Waals surface area contributed by atoms with Crippen molar-refractivity contribution >= 4 is 29.1 Å². The molecule has 1 N–H and O–H groups in total. The van der Waals surface area contributed by atoms with Crippen LogP contribution in [0.2, 0.25) is 10.0 Å². The van der Waals surface area contributed by atoms with Crippen molar-refractivity contribution in [1.82, 2.24) is 5.32 Å². The van der Waals surface area contributed by atoms with E-state index in [9.17, 15) is 9.18 Å². The number of benzene rings is 2. The second kappa shape index (κ2) is 6.78. The third-order valence-electron chi connectivity index (χ3n) is 2.89. The molecule has 110 valence electrons. The monoisotopic (exact) mass is 327 g/mol. The molecule has 0 aliphatic rings. The maximum Gasteiger partial charge on any atom is 0.254 e. The summed E-state index contributed by atoms with van der Waals surface area (Å²) in [5.41, 5.74) is 0.506. The van der Waals surface area contributed by atoms with Crippen LogP contribution in [0, 0.1) is 5.82 Å². The second-order valence-electron chi connectivity index (χ2n) is 4.23. The van der Waals surface area contributed by atoms with Crippen LogP contribution in [0.3, 0.4) is 0 Å². The normalized spacial score (nSPS) is 10.3. The molecule has 21 heavy (non-hydrogen) atoms. The van der Waals surface area contributed by atoms with Crippen molar-refractivity contribution in [1.29, 1.82) is 0 Å². The van der Waals surface area contributed by atoms with E-state index in [0.29, 0.717) is 16.3 Å². The fourth-order valence-electron chi connectivity index (χ4n) is 1.84. The highest BCUT2D eigenvalue weighted by molar-refractivity contribution is 6.31. The Balaban J connectivity index is 2.17. The zero-order chi connectivity index (χ0) is 15.4. The molecule has 0 atom stereocenters. The molecule has 6 heteroatoms. The van der Waals surface area contributed by atoms with Gasteiger partial charge < -0.3 is 10.1 Å². The Morgan fingerprint density at radius 3 is 2.76 bits per heavy atom. The summed E-state index contributed by atoms with van der Waals surface area (Å²) < 4.78 is 18.8. The van der Waals surface area contributed by atoms with Crippen LogP contribution in [0.1, 0.15) is 15.9 Å². The number of carbonyl (C=O) groups excluding carboxylic acids is 1. The standard InChI is InChI=1S/C15H12Cl2FNO2/c1-21-14-4-2-3-12(17)11(14)8-19-15(20)10-7-9(16)5-6-13(10)18/h2-7H,8H2,1H3,(H,19,20). The zero-order valence-corrected chi connectivity index (χ0v) is 12.6. The van der Waals surface area contributed by atoms with E-state index in [1.807, 2.05) is 0 Å². The summed E-state index contributed by atoms with van der Waals surface area (Å²) in [4.78, 5) is 12.0. The molecule has 0 saturated carbocycles. The number of halogens is 3. The lowest BCUT2D eigenvalue weighted by molar-refractivity contribution is 0.0946. The van der Waals surface area contributed by atoms with Gasteiger partial charge in [-0.25, -0.2) is 4.39 Å². The van der Waals surface area contributed by atoms with Crippen LogP contribution < -0.4 is 10.1 Å².